The second-order valence-corrected chi connectivity index (χ2v) is 5.08. The van der Waals surface area contributed by atoms with Gasteiger partial charge in [0, 0.05) is 11.4 Å². The first-order valence-corrected chi connectivity index (χ1v) is 6.85. The molecule has 1 atom stereocenters. The molecule has 0 spiro atoms. The second kappa shape index (κ2) is 5.98. The van der Waals surface area contributed by atoms with E-state index in [4.69, 9.17) is 0 Å². The van der Waals surface area contributed by atoms with Crippen LogP contribution >= 0.6 is 0 Å². The number of hydrogen-bond acceptors (Lipinski definition) is 2. The van der Waals surface area contributed by atoms with Gasteiger partial charge in [0.15, 0.2) is 0 Å². The van der Waals surface area contributed by atoms with Crippen LogP contribution in [0.4, 0.5) is 0 Å². The molecular formula is C17H22N2. The highest BCUT2D eigenvalue weighted by Crippen LogP contribution is 2.23. The minimum Gasteiger partial charge on any atom is -0.307 e. The Morgan fingerprint density at radius 1 is 0.947 bits per heavy atom. The Labute approximate surface area is 115 Å². The fraction of sp³-hybridized carbons (Fsp3) is 0.353. The molecule has 0 aliphatic heterocycles. The number of nitrogens with one attached hydrogen (secondary N) is 1. The zero-order valence-corrected chi connectivity index (χ0v) is 12.2. The molecule has 2 heteroatoms. The fourth-order valence-corrected chi connectivity index (χ4v) is 2.42. The molecule has 1 aromatic carbocycles. The van der Waals surface area contributed by atoms with E-state index < -0.39 is 0 Å². The molecule has 0 aliphatic carbocycles. The Kier molecular flexibility index (Phi) is 4.33. The molecule has 0 saturated heterocycles. The SMILES string of the molecule is CCNC(c1ccc(C)cc1)c1cc(C)nc(C)c1. The van der Waals surface area contributed by atoms with Crippen molar-refractivity contribution >= 4 is 0 Å². The van der Waals surface area contributed by atoms with Crippen molar-refractivity contribution < 1.29 is 0 Å². The molecule has 1 unspecified atom stereocenters. The summed E-state index contributed by atoms with van der Waals surface area (Å²) >= 11 is 0. The maximum absolute atomic E-state index is 4.46. The quantitative estimate of drug-likeness (QED) is 0.899. The van der Waals surface area contributed by atoms with Crippen LogP contribution in [-0.2, 0) is 0 Å². The van der Waals surface area contributed by atoms with E-state index in [-0.39, 0.29) is 6.04 Å². The van der Waals surface area contributed by atoms with E-state index >= 15 is 0 Å². The number of hydrogen-bond donors (Lipinski definition) is 1. The normalized spacial score (nSPS) is 12.4. The number of nitrogens with zero attached hydrogens (tertiary/aromatic N) is 1. The average molecular weight is 254 g/mol. The van der Waals surface area contributed by atoms with Crippen molar-refractivity contribution in [3.8, 4) is 0 Å². The summed E-state index contributed by atoms with van der Waals surface area (Å²) in [5.74, 6) is 0. The summed E-state index contributed by atoms with van der Waals surface area (Å²) < 4.78 is 0. The topological polar surface area (TPSA) is 24.9 Å². The zero-order valence-electron chi connectivity index (χ0n) is 12.2. The third-order valence-corrected chi connectivity index (χ3v) is 3.26. The Morgan fingerprint density at radius 2 is 1.53 bits per heavy atom. The summed E-state index contributed by atoms with van der Waals surface area (Å²) in [6.45, 7) is 9.30. The van der Waals surface area contributed by atoms with Gasteiger partial charge in [0.05, 0.1) is 6.04 Å². The van der Waals surface area contributed by atoms with Crippen LogP contribution in [0.5, 0.6) is 0 Å². The zero-order chi connectivity index (χ0) is 13.8. The van der Waals surface area contributed by atoms with Gasteiger partial charge in [-0.15, -0.1) is 0 Å². The Morgan fingerprint density at radius 3 is 2.05 bits per heavy atom. The molecule has 2 aromatic rings. The van der Waals surface area contributed by atoms with Crippen molar-refractivity contribution in [2.24, 2.45) is 0 Å². The van der Waals surface area contributed by atoms with Crippen LogP contribution in [0.3, 0.4) is 0 Å². The predicted molar refractivity (Wildman–Crippen MR) is 80.4 cm³/mol. The van der Waals surface area contributed by atoms with Crippen LogP contribution in [0.15, 0.2) is 36.4 Å². The maximum Gasteiger partial charge on any atom is 0.0577 e. The van der Waals surface area contributed by atoms with Crippen molar-refractivity contribution in [3.63, 3.8) is 0 Å². The lowest BCUT2D eigenvalue weighted by Crippen LogP contribution is -2.22. The van der Waals surface area contributed by atoms with E-state index in [0.29, 0.717) is 0 Å². The predicted octanol–water partition coefficient (Wildman–Crippen LogP) is 3.71. The van der Waals surface area contributed by atoms with Gasteiger partial charge < -0.3 is 5.32 Å². The Bertz CT molecular complexity index is 523. The minimum absolute atomic E-state index is 0.242. The molecule has 0 bridgehead atoms. The van der Waals surface area contributed by atoms with Crippen molar-refractivity contribution in [1.82, 2.24) is 10.3 Å². The Balaban J connectivity index is 2.41. The molecule has 1 aromatic heterocycles. The number of aryl methyl sites for hydroxylation is 3. The lowest BCUT2D eigenvalue weighted by atomic mass is 9.97. The first-order valence-electron chi connectivity index (χ1n) is 6.85. The summed E-state index contributed by atoms with van der Waals surface area (Å²) in [7, 11) is 0. The monoisotopic (exact) mass is 254 g/mol. The van der Waals surface area contributed by atoms with Crippen molar-refractivity contribution in [2.75, 3.05) is 6.54 Å². The van der Waals surface area contributed by atoms with Crippen LogP contribution in [0.25, 0.3) is 0 Å². The van der Waals surface area contributed by atoms with Gasteiger partial charge in [-0.2, -0.15) is 0 Å². The smallest absolute Gasteiger partial charge is 0.0577 e. The summed E-state index contributed by atoms with van der Waals surface area (Å²) in [5.41, 5.74) is 6.03. The number of aromatic nitrogens is 1. The highest BCUT2D eigenvalue weighted by atomic mass is 14.9. The summed E-state index contributed by atoms with van der Waals surface area (Å²) in [4.78, 5) is 4.46. The summed E-state index contributed by atoms with van der Waals surface area (Å²) in [6, 6.07) is 13.3. The van der Waals surface area contributed by atoms with Gasteiger partial charge in [-0.1, -0.05) is 36.8 Å². The van der Waals surface area contributed by atoms with E-state index in [1.807, 2.05) is 0 Å². The molecule has 2 nitrogen and oxygen atoms in total. The number of rotatable bonds is 4. The van der Waals surface area contributed by atoms with Gasteiger partial charge in [-0.05, 0) is 50.6 Å². The van der Waals surface area contributed by atoms with Crippen molar-refractivity contribution in [3.05, 3.63) is 64.5 Å². The first-order chi connectivity index (χ1) is 9.10. The van der Waals surface area contributed by atoms with E-state index in [9.17, 15) is 0 Å². The van der Waals surface area contributed by atoms with E-state index in [1.54, 1.807) is 0 Å². The van der Waals surface area contributed by atoms with E-state index in [1.165, 1.54) is 16.7 Å². The maximum atomic E-state index is 4.46. The van der Waals surface area contributed by atoms with E-state index in [2.05, 4.69) is 74.4 Å². The molecule has 0 saturated carbocycles. The Hall–Kier alpha value is -1.67. The van der Waals surface area contributed by atoms with Crippen LogP contribution in [0, 0.1) is 20.8 Å². The highest BCUT2D eigenvalue weighted by Gasteiger charge is 2.13. The molecule has 1 N–H and O–H groups in total. The van der Waals surface area contributed by atoms with Crippen LogP contribution in [-0.4, -0.2) is 11.5 Å². The van der Waals surface area contributed by atoms with Gasteiger partial charge in [0.1, 0.15) is 0 Å². The number of benzene rings is 1. The van der Waals surface area contributed by atoms with Crippen molar-refractivity contribution in [2.45, 2.75) is 33.7 Å². The largest absolute Gasteiger partial charge is 0.307 e. The lowest BCUT2D eigenvalue weighted by Gasteiger charge is -2.20. The fourth-order valence-electron chi connectivity index (χ4n) is 2.42. The van der Waals surface area contributed by atoms with Gasteiger partial charge in [0.2, 0.25) is 0 Å². The third kappa shape index (κ3) is 3.42. The van der Waals surface area contributed by atoms with Gasteiger partial charge in [0.25, 0.3) is 0 Å². The first kappa shape index (κ1) is 13.8. The van der Waals surface area contributed by atoms with Crippen LogP contribution < -0.4 is 5.32 Å². The minimum atomic E-state index is 0.242. The van der Waals surface area contributed by atoms with E-state index in [0.717, 1.165) is 17.9 Å². The second-order valence-electron chi connectivity index (χ2n) is 5.08. The molecule has 0 radical (unpaired) electrons. The average Bonchev–Trinajstić information content (AvgIpc) is 2.36. The molecule has 19 heavy (non-hydrogen) atoms. The van der Waals surface area contributed by atoms with Gasteiger partial charge in [-0.3, -0.25) is 4.98 Å². The summed E-state index contributed by atoms with van der Waals surface area (Å²) in [6.07, 6.45) is 0. The third-order valence-electron chi connectivity index (χ3n) is 3.26. The van der Waals surface area contributed by atoms with Crippen LogP contribution in [0.2, 0.25) is 0 Å². The molecular weight excluding hydrogens is 232 g/mol. The standard InChI is InChI=1S/C17H22N2/c1-5-18-17(15-8-6-12(2)7-9-15)16-10-13(3)19-14(4)11-16/h6-11,17-18H,5H2,1-4H3. The van der Waals surface area contributed by atoms with Gasteiger partial charge >= 0.3 is 0 Å². The lowest BCUT2D eigenvalue weighted by molar-refractivity contribution is 0.628. The molecule has 0 aliphatic rings. The van der Waals surface area contributed by atoms with Crippen LogP contribution in [0.1, 0.15) is 41.0 Å². The molecule has 0 fully saturated rings. The molecule has 0 amide bonds. The number of pyridine rings is 1. The molecule has 100 valence electrons. The highest BCUT2D eigenvalue weighted by molar-refractivity contribution is 5.34. The summed E-state index contributed by atoms with van der Waals surface area (Å²) in [5, 5.41) is 3.56. The molecule has 1 heterocycles. The van der Waals surface area contributed by atoms with Crippen molar-refractivity contribution in [1.29, 1.82) is 0 Å². The van der Waals surface area contributed by atoms with Gasteiger partial charge in [-0.25, -0.2) is 0 Å². The molecule has 2 rings (SSSR count).